The van der Waals surface area contributed by atoms with Crippen LogP contribution in [0.15, 0.2) is 48.5 Å². The fourth-order valence-corrected chi connectivity index (χ4v) is 2.97. The van der Waals surface area contributed by atoms with Crippen molar-refractivity contribution in [3.8, 4) is 0 Å². The van der Waals surface area contributed by atoms with E-state index < -0.39 is 0 Å². The molecule has 1 saturated heterocycles. The number of hydrogen-bond acceptors (Lipinski definition) is 2. The highest BCUT2D eigenvalue weighted by atomic mass is 15.1. The maximum atomic E-state index is 3.57. The molecule has 2 nitrogen and oxygen atoms in total. The van der Waals surface area contributed by atoms with E-state index in [1.54, 1.807) is 0 Å². The van der Waals surface area contributed by atoms with Crippen LogP contribution >= 0.6 is 0 Å². The lowest BCUT2D eigenvalue weighted by molar-refractivity contribution is 0.691. The second-order valence-electron chi connectivity index (χ2n) is 5.91. The van der Waals surface area contributed by atoms with Crippen molar-refractivity contribution in [2.45, 2.75) is 32.9 Å². The third kappa shape index (κ3) is 3.64. The fraction of sp³-hybridized carbons (Fsp3) is 0.368. The van der Waals surface area contributed by atoms with Crippen molar-refractivity contribution >= 4 is 5.69 Å². The smallest absolute Gasteiger partial charge is 0.0411 e. The minimum Gasteiger partial charge on any atom is -0.371 e. The molecule has 0 saturated carbocycles. The van der Waals surface area contributed by atoms with E-state index in [-0.39, 0.29) is 0 Å². The summed E-state index contributed by atoms with van der Waals surface area (Å²) in [5, 5.41) is 3.57. The minimum absolute atomic E-state index is 0.925. The van der Waals surface area contributed by atoms with Gasteiger partial charge in [-0.2, -0.15) is 0 Å². The molecule has 2 aromatic rings. The topological polar surface area (TPSA) is 15.3 Å². The summed E-state index contributed by atoms with van der Waals surface area (Å²) in [4.78, 5) is 2.52. The van der Waals surface area contributed by atoms with Gasteiger partial charge in [0.1, 0.15) is 0 Å². The summed E-state index contributed by atoms with van der Waals surface area (Å²) in [6.07, 6.45) is 2.65. The molecule has 2 heteroatoms. The summed E-state index contributed by atoms with van der Waals surface area (Å²) >= 11 is 0. The molecule has 0 aliphatic carbocycles. The second kappa shape index (κ2) is 6.77. The van der Waals surface area contributed by atoms with Gasteiger partial charge in [0.2, 0.25) is 0 Å². The molecule has 2 aromatic carbocycles. The van der Waals surface area contributed by atoms with Crippen molar-refractivity contribution < 1.29 is 0 Å². The Balaban J connectivity index is 1.61. The molecule has 1 aliphatic rings. The van der Waals surface area contributed by atoms with E-state index in [0.717, 1.165) is 13.1 Å². The molecule has 1 heterocycles. The molecule has 0 aromatic heterocycles. The summed E-state index contributed by atoms with van der Waals surface area (Å²) in [6.45, 7) is 6.39. The van der Waals surface area contributed by atoms with Crippen LogP contribution in [0.5, 0.6) is 0 Å². The Hall–Kier alpha value is -1.80. The van der Waals surface area contributed by atoms with E-state index in [2.05, 4.69) is 65.7 Å². The van der Waals surface area contributed by atoms with Gasteiger partial charge in [-0.15, -0.1) is 0 Å². The lowest BCUT2D eigenvalue weighted by atomic mass is 10.1. The summed E-state index contributed by atoms with van der Waals surface area (Å²) in [6, 6.07) is 17.6. The van der Waals surface area contributed by atoms with E-state index in [4.69, 9.17) is 0 Å². The van der Waals surface area contributed by atoms with Crippen molar-refractivity contribution in [2.24, 2.45) is 0 Å². The number of aryl methyl sites for hydroxylation is 1. The van der Waals surface area contributed by atoms with Gasteiger partial charge < -0.3 is 10.2 Å². The van der Waals surface area contributed by atoms with Crippen LogP contribution in [0.25, 0.3) is 0 Å². The molecule has 21 heavy (non-hydrogen) atoms. The standard InChI is InChI=1S/C19H24N2/c1-16-8-10-17(11-9-16)14-20-15-18-6-2-3-7-19(18)21-12-4-5-13-21/h2-3,6-11,20H,4-5,12-15H2,1H3. The molecule has 1 aliphatic heterocycles. The van der Waals surface area contributed by atoms with Gasteiger partial charge in [0, 0.05) is 31.9 Å². The van der Waals surface area contributed by atoms with E-state index in [9.17, 15) is 0 Å². The number of hydrogen-bond donors (Lipinski definition) is 1. The van der Waals surface area contributed by atoms with Crippen LogP contribution in [0.4, 0.5) is 5.69 Å². The normalized spacial score (nSPS) is 14.6. The van der Waals surface area contributed by atoms with Gasteiger partial charge >= 0.3 is 0 Å². The summed E-state index contributed by atoms with van der Waals surface area (Å²) in [5.41, 5.74) is 5.48. The van der Waals surface area contributed by atoms with Crippen LogP contribution in [-0.4, -0.2) is 13.1 Å². The zero-order chi connectivity index (χ0) is 14.5. The molecule has 0 atom stereocenters. The number of nitrogens with zero attached hydrogens (tertiary/aromatic N) is 1. The summed E-state index contributed by atoms with van der Waals surface area (Å²) in [7, 11) is 0. The highest BCUT2D eigenvalue weighted by molar-refractivity contribution is 5.54. The SMILES string of the molecule is Cc1ccc(CNCc2ccccc2N2CCCC2)cc1. The van der Waals surface area contributed by atoms with Crippen molar-refractivity contribution in [2.75, 3.05) is 18.0 Å². The van der Waals surface area contributed by atoms with Gasteiger partial charge in [0.15, 0.2) is 0 Å². The maximum Gasteiger partial charge on any atom is 0.0411 e. The van der Waals surface area contributed by atoms with Crippen molar-refractivity contribution in [1.82, 2.24) is 5.32 Å². The average Bonchev–Trinajstić information content (AvgIpc) is 3.04. The molecule has 110 valence electrons. The van der Waals surface area contributed by atoms with Crippen LogP contribution < -0.4 is 10.2 Å². The molecule has 0 spiro atoms. The first-order valence-corrected chi connectivity index (χ1v) is 7.92. The predicted octanol–water partition coefficient (Wildman–Crippen LogP) is 3.89. The molecule has 1 N–H and O–H groups in total. The average molecular weight is 280 g/mol. The molecule has 0 radical (unpaired) electrons. The third-order valence-corrected chi connectivity index (χ3v) is 4.20. The Morgan fingerprint density at radius 1 is 0.905 bits per heavy atom. The van der Waals surface area contributed by atoms with E-state index in [1.165, 1.54) is 48.3 Å². The number of anilines is 1. The molecule has 0 amide bonds. The molecule has 3 rings (SSSR count). The predicted molar refractivity (Wildman–Crippen MR) is 89.6 cm³/mol. The zero-order valence-electron chi connectivity index (χ0n) is 12.8. The number of para-hydroxylation sites is 1. The van der Waals surface area contributed by atoms with Gasteiger partial charge in [-0.3, -0.25) is 0 Å². The van der Waals surface area contributed by atoms with Gasteiger partial charge in [0.05, 0.1) is 0 Å². The molecular weight excluding hydrogens is 256 g/mol. The molecule has 0 unspecified atom stereocenters. The van der Waals surface area contributed by atoms with Crippen LogP contribution in [0.3, 0.4) is 0 Å². The first-order chi connectivity index (χ1) is 10.3. The first-order valence-electron chi connectivity index (χ1n) is 7.92. The van der Waals surface area contributed by atoms with E-state index >= 15 is 0 Å². The van der Waals surface area contributed by atoms with Gasteiger partial charge in [-0.1, -0.05) is 48.0 Å². The minimum atomic E-state index is 0.925. The molecule has 0 bridgehead atoms. The largest absolute Gasteiger partial charge is 0.371 e. The zero-order valence-corrected chi connectivity index (χ0v) is 12.8. The molecular formula is C19H24N2. The van der Waals surface area contributed by atoms with Crippen LogP contribution in [-0.2, 0) is 13.1 Å². The van der Waals surface area contributed by atoms with Crippen molar-refractivity contribution in [1.29, 1.82) is 0 Å². The summed E-state index contributed by atoms with van der Waals surface area (Å²) < 4.78 is 0. The maximum absolute atomic E-state index is 3.57. The second-order valence-corrected chi connectivity index (χ2v) is 5.91. The lowest BCUT2D eigenvalue weighted by Gasteiger charge is -2.21. The fourth-order valence-electron chi connectivity index (χ4n) is 2.97. The Morgan fingerprint density at radius 2 is 1.62 bits per heavy atom. The van der Waals surface area contributed by atoms with Crippen molar-refractivity contribution in [3.05, 3.63) is 65.2 Å². The van der Waals surface area contributed by atoms with Gasteiger partial charge in [-0.25, -0.2) is 0 Å². The number of nitrogens with one attached hydrogen (secondary N) is 1. The lowest BCUT2D eigenvalue weighted by Crippen LogP contribution is -2.21. The van der Waals surface area contributed by atoms with Crippen LogP contribution in [0, 0.1) is 6.92 Å². The Labute approximate surface area is 127 Å². The van der Waals surface area contributed by atoms with Gasteiger partial charge in [0.25, 0.3) is 0 Å². The Morgan fingerprint density at radius 3 is 2.38 bits per heavy atom. The number of rotatable bonds is 5. The van der Waals surface area contributed by atoms with E-state index in [1.807, 2.05) is 0 Å². The molecule has 1 fully saturated rings. The quantitative estimate of drug-likeness (QED) is 0.894. The first kappa shape index (κ1) is 14.2. The van der Waals surface area contributed by atoms with Gasteiger partial charge in [-0.05, 0) is 37.0 Å². The van der Waals surface area contributed by atoms with E-state index in [0.29, 0.717) is 0 Å². The summed E-state index contributed by atoms with van der Waals surface area (Å²) in [5.74, 6) is 0. The highest BCUT2D eigenvalue weighted by Crippen LogP contribution is 2.24. The Bertz CT molecular complexity index is 568. The van der Waals surface area contributed by atoms with Crippen molar-refractivity contribution in [3.63, 3.8) is 0 Å². The Kier molecular flexibility index (Phi) is 4.56. The third-order valence-electron chi connectivity index (χ3n) is 4.20. The highest BCUT2D eigenvalue weighted by Gasteiger charge is 2.14. The van der Waals surface area contributed by atoms with Crippen LogP contribution in [0.1, 0.15) is 29.5 Å². The van der Waals surface area contributed by atoms with Crippen LogP contribution in [0.2, 0.25) is 0 Å². The number of benzene rings is 2. The monoisotopic (exact) mass is 280 g/mol.